The topological polar surface area (TPSA) is 63.9 Å². The molecule has 1 fully saturated rings. The van der Waals surface area contributed by atoms with Gasteiger partial charge in [-0.25, -0.2) is 4.68 Å². The van der Waals surface area contributed by atoms with Crippen molar-refractivity contribution in [3.05, 3.63) is 71.8 Å². The molecule has 0 bridgehead atoms. The Hall–Kier alpha value is -2.67. The van der Waals surface area contributed by atoms with E-state index < -0.39 is 0 Å². The van der Waals surface area contributed by atoms with Crippen LogP contribution in [0.4, 0.5) is 0 Å². The summed E-state index contributed by atoms with van der Waals surface area (Å²) in [4.78, 5) is 15.1. The normalized spacial score (nSPS) is 14.1. The van der Waals surface area contributed by atoms with Crippen molar-refractivity contribution in [3.8, 4) is 0 Å². The monoisotopic (exact) mass is 421 g/mol. The number of tetrazole rings is 1. The molecule has 30 heavy (non-hydrogen) atoms. The van der Waals surface area contributed by atoms with Gasteiger partial charge in [0.25, 0.3) is 0 Å². The van der Waals surface area contributed by atoms with Crippen LogP contribution in [0.1, 0.15) is 42.9 Å². The van der Waals surface area contributed by atoms with E-state index in [9.17, 15) is 4.79 Å². The van der Waals surface area contributed by atoms with Crippen molar-refractivity contribution in [2.45, 2.75) is 49.8 Å². The number of aromatic nitrogens is 4. The minimum atomic E-state index is 0.112. The molecule has 1 aliphatic rings. The van der Waals surface area contributed by atoms with E-state index >= 15 is 0 Å². The fraction of sp³-hybridized carbons (Fsp3) is 0.391. The molecule has 1 amide bonds. The number of carbonyl (C=O) groups excluding carboxylic acids is 1. The zero-order valence-corrected chi connectivity index (χ0v) is 17.9. The number of rotatable bonds is 9. The van der Waals surface area contributed by atoms with E-state index in [2.05, 4.69) is 39.8 Å². The van der Waals surface area contributed by atoms with Gasteiger partial charge >= 0.3 is 0 Å². The molecule has 0 spiro atoms. The molecule has 156 valence electrons. The molecule has 0 aliphatic heterocycles. The Bertz CT molecular complexity index is 925. The van der Waals surface area contributed by atoms with Crippen LogP contribution in [-0.2, 0) is 17.8 Å². The van der Waals surface area contributed by atoms with Crippen molar-refractivity contribution in [1.29, 1.82) is 0 Å². The molecule has 0 saturated heterocycles. The van der Waals surface area contributed by atoms with Crippen molar-refractivity contribution >= 4 is 17.7 Å². The second kappa shape index (κ2) is 10.4. The van der Waals surface area contributed by atoms with Crippen molar-refractivity contribution in [2.24, 2.45) is 0 Å². The lowest BCUT2D eigenvalue weighted by Gasteiger charge is -2.23. The van der Waals surface area contributed by atoms with E-state index in [0.717, 1.165) is 30.0 Å². The van der Waals surface area contributed by atoms with Crippen molar-refractivity contribution in [2.75, 3.05) is 12.3 Å². The van der Waals surface area contributed by atoms with Gasteiger partial charge in [-0.05, 0) is 40.8 Å². The first kappa shape index (κ1) is 20.6. The van der Waals surface area contributed by atoms with Crippen LogP contribution >= 0.6 is 11.8 Å². The first-order chi connectivity index (χ1) is 14.8. The smallest absolute Gasteiger partial charge is 0.233 e. The summed E-state index contributed by atoms with van der Waals surface area (Å²) in [7, 11) is 0. The predicted octanol–water partition coefficient (Wildman–Crippen LogP) is 4.15. The van der Waals surface area contributed by atoms with Gasteiger partial charge in [0.1, 0.15) is 0 Å². The third-order valence-corrected chi connectivity index (χ3v) is 6.46. The van der Waals surface area contributed by atoms with Crippen molar-refractivity contribution in [3.63, 3.8) is 0 Å². The van der Waals surface area contributed by atoms with E-state index in [1.54, 1.807) is 0 Å². The highest BCUT2D eigenvalue weighted by Crippen LogP contribution is 2.31. The number of benzene rings is 2. The number of hydrogen-bond donors (Lipinski definition) is 0. The number of carbonyl (C=O) groups is 1. The molecule has 1 heterocycles. The van der Waals surface area contributed by atoms with Gasteiger partial charge in [0.05, 0.1) is 11.8 Å². The van der Waals surface area contributed by atoms with Gasteiger partial charge in [-0.15, -0.1) is 5.10 Å². The van der Waals surface area contributed by atoms with Gasteiger partial charge in [-0.3, -0.25) is 4.79 Å². The van der Waals surface area contributed by atoms with Crippen molar-refractivity contribution in [1.82, 2.24) is 25.1 Å². The molecule has 3 aromatic rings. The molecule has 0 atom stereocenters. The number of nitrogens with zero attached hydrogens (tertiary/aromatic N) is 5. The Kier molecular flexibility index (Phi) is 7.13. The average Bonchev–Trinajstić information content (AvgIpc) is 3.48. The van der Waals surface area contributed by atoms with Crippen LogP contribution in [-0.4, -0.2) is 43.3 Å². The van der Waals surface area contributed by atoms with Gasteiger partial charge < -0.3 is 4.90 Å². The highest BCUT2D eigenvalue weighted by atomic mass is 32.2. The van der Waals surface area contributed by atoms with Gasteiger partial charge in [0, 0.05) is 13.1 Å². The lowest BCUT2D eigenvalue weighted by atomic mass is 10.1. The molecule has 0 unspecified atom stereocenters. The first-order valence-corrected chi connectivity index (χ1v) is 11.5. The maximum Gasteiger partial charge on any atom is 0.233 e. The molecule has 0 radical (unpaired) electrons. The summed E-state index contributed by atoms with van der Waals surface area (Å²) < 4.78 is 1.91. The summed E-state index contributed by atoms with van der Waals surface area (Å²) >= 11 is 1.44. The molecule has 0 N–H and O–H groups in total. The molecule has 1 aliphatic carbocycles. The van der Waals surface area contributed by atoms with Gasteiger partial charge in [-0.1, -0.05) is 85.3 Å². The van der Waals surface area contributed by atoms with E-state index in [-0.39, 0.29) is 5.91 Å². The minimum absolute atomic E-state index is 0.112. The standard InChI is InChI=1S/C23H27N5OS/c29-22(18-30-23-24-25-26-28(23)21-13-7-8-14-21)27(17-20-11-5-2-6-12-20)16-15-19-9-3-1-4-10-19/h1-6,9-12,21H,7-8,13-18H2. The lowest BCUT2D eigenvalue weighted by molar-refractivity contribution is -0.128. The second-order valence-electron chi connectivity index (χ2n) is 7.67. The Labute approximate surface area is 181 Å². The summed E-state index contributed by atoms with van der Waals surface area (Å²) in [6, 6.07) is 20.8. The van der Waals surface area contributed by atoms with Crippen molar-refractivity contribution < 1.29 is 4.79 Å². The number of amides is 1. The van der Waals surface area contributed by atoms with E-state index in [1.807, 2.05) is 46.0 Å². The molecule has 1 saturated carbocycles. The molecule has 7 heteroatoms. The highest BCUT2D eigenvalue weighted by Gasteiger charge is 2.23. The van der Waals surface area contributed by atoms with E-state index in [1.165, 1.54) is 30.2 Å². The quantitative estimate of drug-likeness (QED) is 0.486. The SMILES string of the molecule is O=C(CSc1nnnn1C1CCCC1)N(CCc1ccccc1)Cc1ccccc1. The van der Waals surface area contributed by atoms with E-state index in [0.29, 0.717) is 24.9 Å². The Morgan fingerprint density at radius 1 is 1.00 bits per heavy atom. The van der Waals surface area contributed by atoms with E-state index in [4.69, 9.17) is 0 Å². The van der Waals surface area contributed by atoms with Crippen LogP contribution in [0, 0.1) is 0 Å². The number of thioether (sulfide) groups is 1. The fourth-order valence-corrected chi connectivity index (χ4v) is 4.73. The second-order valence-corrected chi connectivity index (χ2v) is 8.61. The third-order valence-electron chi connectivity index (χ3n) is 5.54. The maximum absolute atomic E-state index is 13.1. The third kappa shape index (κ3) is 5.48. The van der Waals surface area contributed by atoms with Crippen LogP contribution in [0.3, 0.4) is 0 Å². The summed E-state index contributed by atoms with van der Waals surface area (Å²) in [5.41, 5.74) is 2.38. The summed E-state index contributed by atoms with van der Waals surface area (Å²) in [5.74, 6) is 0.454. The molecule has 2 aromatic carbocycles. The van der Waals surface area contributed by atoms with Gasteiger partial charge in [-0.2, -0.15) is 0 Å². The van der Waals surface area contributed by atoms with Gasteiger partial charge in [0.2, 0.25) is 11.1 Å². The number of hydrogen-bond acceptors (Lipinski definition) is 5. The first-order valence-electron chi connectivity index (χ1n) is 10.6. The Balaban J connectivity index is 1.40. The fourth-order valence-electron chi connectivity index (χ4n) is 3.88. The molecule has 6 nitrogen and oxygen atoms in total. The zero-order chi connectivity index (χ0) is 20.6. The van der Waals surface area contributed by atoms with Gasteiger partial charge in [0.15, 0.2) is 0 Å². The molecular weight excluding hydrogens is 394 g/mol. The molecular formula is C23H27N5OS. The predicted molar refractivity (Wildman–Crippen MR) is 118 cm³/mol. The van der Waals surface area contributed by atoms with Crippen LogP contribution in [0.5, 0.6) is 0 Å². The van der Waals surface area contributed by atoms with Crippen LogP contribution in [0.15, 0.2) is 65.8 Å². The average molecular weight is 422 g/mol. The van der Waals surface area contributed by atoms with Crippen LogP contribution in [0.25, 0.3) is 0 Å². The summed E-state index contributed by atoms with van der Waals surface area (Å²) in [5, 5.41) is 12.9. The largest absolute Gasteiger partial charge is 0.337 e. The molecule has 4 rings (SSSR count). The lowest BCUT2D eigenvalue weighted by Crippen LogP contribution is -2.34. The zero-order valence-electron chi connectivity index (χ0n) is 17.1. The minimum Gasteiger partial charge on any atom is -0.337 e. The highest BCUT2D eigenvalue weighted by molar-refractivity contribution is 7.99. The Morgan fingerprint density at radius 2 is 1.67 bits per heavy atom. The van der Waals surface area contributed by atoms with Crippen LogP contribution < -0.4 is 0 Å². The Morgan fingerprint density at radius 3 is 2.37 bits per heavy atom. The summed E-state index contributed by atoms with van der Waals surface area (Å²) in [6.45, 7) is 1.30. The summed E-state index contributed by atoms with van der Waals surface area (Å²) in [6.07, 6.45) is 5.51. The molecule has 1 aromatic heterocycles. The maximum atomic E-state index is 13.1. The van der Waals surface area contributed by atoms with Crippen LogP contribution in [0.2, 0.25) is 0 Å².